The SMILES string of the molecule is C=N/C(=C\C(=N/Cn1c2ccccc2c2ccc3cc4c5ccccc5c5ccccc5n4c3c21)c1ccccc1)c1ccccc1. The Balaban J connectivity index is 1.36. The summed E-state index contributed by atoms with van der Waals surface area (Å²) in [5.74, 6) is 0. The lowest BCUT2D eigenvalue weighted by Gasteiger charge is -2.12. The summed E-state index contributed by atoms with van der Waals surface area (Å²) in [6.45, 7) is 4.33. The number of fused-ring (bicyclic) bond motifs is 12. The van der Waals surface area contributed by atoms with E-state index in [9.17, 15) is 0 Å². The number of pyridine rings is 1. The molecular formula is C43H30N4. The lowest BCUT2D eigenvalue weighted by Crippen LogP contribution is -2.03. The van der Waals surface area contributed by atoms with Crippen LogP contribution >= 0.6 is 0 Å². The van der Waals surface area contributed by atoms with Gasteiger partial charge in [0, 0.05) is 32.5 Å². The maximum absolute atomic E-state index is 5.34. The minimum Gasteiger partial charge on any atom is -0.318 e. The molecule has 222 valence electrons. The van der Waals surface area contributed by atoms with Crippen LogP contribution < -0.4 is 0 Å². The van der Waals surface area contributed by atoms with E-state index in [0.717, 1.165) is 28.1 Å². The maximum Gasteiger partial charge on any atom is 0.115 e. The van der Waals surface area contributed by atoms with Gasteiger partial charge < -0.3 is 8.97 Å². The van der Waals surface area contributed by atoms with Gasteiger partial charge in [-0.15, -0.1) is 0 Å². The molecule has 0 atom stereocenters. The molecule has 0 unspecified atom stereocenters. The van der Waals surface area contributed by atoms with Crippen LogP contribution in [0.2, 0.25) is 0 Å². The van der Waals surface area contributed by atoms with Crippen molar-refractivity contribution in [2.45, 2.75) is 6.67 Å². The number of aromatic nitrogens is 2. The van der Waals surface area contributed by atoms with Crippen LogP contribution in [0.25, 0.3) is 65.6 Å². The molecule has 0 aliphatic carbocycles. The zero-order chi connectivity index (χ0) is 31.3. The summed E-state index contributed by atoms with van der Waals surface area (Å²) in [5, 5.41) is 7.40. The number of allylic oxidation sites excluding steroid dienone is 1. The van der Waals surface area contributed by atoms with Crippen LogP contribution in [0, 0.1) is 0 Å². The highest BCUT2D eigenvalue weighted by Gasteiger charge is 2.19. The molecule has 0 fully saturated rings. The van der Waals surface area contributed by atoms with E-state index in [2.05, 4.69) is 136 Å². The van der Waals surface area contributed by atoms with Gasteiger partial charge in [0.1, 0.15) is 6.67 Å². The predicted molar refractivity (Wildman–Crippen MR) is 200 cm³/mol. The van der Waals surface area contributed by atoms with Crippen LogP contribution in [0.4, 0.5) is 0 Å². The van der Waals surface area contributed by atoms with Crippen molar-refractivity contribution in [2.75, 3.05) is 0 Å². The van der Waals surface area contributed by atoms with Gasteiger partial charge in [0.25, 0.3) is 0 Å². The molecule has 0 radical (unpaired) electrons. The van der Waals surface area contributed by atoms with Crippen molar-refractivity contribution >= 4 is 78.0 Å². The van der Waals surface area contributed by atoms with Crippen LogP contribution in [0.5, 0.6) is 0 Å². The minimum atomic E-state index is 0.432. The molecule has 9 aromatic rings. The Morgan fingerprint density at radius 1 is 0.532 bits per heavy atom. The number of para-hydroxylation sites is 2. The van der Waals surface area contributed by atoms with Gasteiger partial charge in [-0.25, -0.2) is 0 Å². The second-order valence-corrected chi connectivity index (χ2v) is 11.9. The number of aliphatic imine (C=N–C) groups is 2. The fraction of sp³-hybridized carbons (Fsp3) is 0.0233. The molecular weight excluding hydrogens is 573 g/mol. The van der Waals surface area contributed by atoms with Crippen LogP contribution in [-0.2, 0) is 6.67 Å². The highest BCUT2D eigenvalue weighted by atomic mass is 15.1. The highest BCUT2D eigenvalue weighted by Crippen LogP contribution is 2.39. The van der Waals surface area contributed by atoms with Crippen LogP contribution in [-0.4, -0.2) is 21.4 Å². The number of benzene rings is 6. The Kier molecular flexibility index (Phi) is 6.32. The van der Waals surface area contributed by atoms with Crippen molar-refractivity contribution in [3.63, 3.8) is 0 Å². The zero-order valence-corrected chi connectivity index (χ0v) is 25.7. The molecule has 0 saturated carbocycles. The van der Waals surface area contributed by atoms with E-state index < -0.39 is 0 Å². The molecule has 3 aromatic heterocycles. The number of rotatable bonds is 6. The Morgan fingerprint density at radius 2 is 1.11 bits per heavy atom. The summed E-state index contributed by atoms with van der Waals surface area (Å²) in [6.07, 6.45) is 2.05. The smallest absolute Gasteiger partial charge is 0.115 e. The molecule has 0 N–H and O–H groups in total. The van der Waals surface area contributed by atoms with E-state index >= 15 is 0 Å². The Labute approximate surface area is 271 Å². The zero-order valence-electron chi connectivity index (χ0n) is 25.7. The Morgan fingerprint density at radius 3 is 1.81 bits per heavy atom. The van der Waals surface area contributed by atoms with Crippen molar-refractivity contribution in [3.8, 4) is 0 Å². The first kappa shape index (κ1) is 27.1. The lowest BCUT2D eigenvalue weighted by atomic mass is 10.1. The molecule has 47 heavy (non-hydrogen) atoms. The van der Waals surface area contributed by atoms with Crippen molar-refractivity contribution < 1.29 is 0 Å². The molecule has 0 aliphatic heterocycles. The van der Waals surface area contributed by atoms with E-state index in [0.29, 0.717) is 6.67 Å². The summed E-state index contributed by atoms with van der Waals surface area (Å²) in [4.78, 5) is 9.75. The van der Waals surface area contributed by atoms with Crippen LogP contribution in [0.1, 0.15) is 11.1 Å². The fourth-order valence-electron chi connectivity index (χ4n) is 7.19. The topological polar surface area (TPSA) is 34.1 Å². The fourth-order valence-corrected chi connectivity index (χ4v) is 7.19. The minimum absolute atomic E-state index is 0.432. The first-order valence-corrected chi connectivity index (χ1v) is 15.9. The van der Waals surface area contributed by atoms with E-state index in [-0.39, 0.29) is 0 Å². The second kappa shape index (κ2) is 11.0. The molecule has 6 aromatic carbocycles. The van der Waals surface area contributed by atoms with Gasteiger partial charge in [-0.3, -0.25) is 9.98 Å². The lowest BCUT2D eigenvalue weighted by molar-refractivity contribution is 0.795. The molecule has 0 spiro atoms. The standard InChI is InChI=1S/C43H30N4/c1-44-37(29-14-4-2-5-15-29)27-38(30-16-6-3-7-17-30)45-28-46-39-22-12-10-21-35(39)36-25-24-31-26-41-34-20-9-8-18-32(34)33-19-11-13-23-40(33)47(41)42(31)43(36)46/h2-27H,1,28H2/b37-27-,45-38+. The third-order valence-electron chi connectivity index (χ3n) is 9.30. The van der Waals surface area contributed by atoms with Gasteiger partial charge in [-0.1, -0.05) is 133 Å². The van der Waals surface area contributed by atoms with E-state index in [1.165, 1.54) is 54.4 Å². The van der Waals surface area contributed by atoms with Crippen LogP contribution in [0.3, 0.4) is 0 Å². The molecule has 0 amide bonds. The van der Waals surface area contributed by atoms with Crippen molar-refractivity contribution in [1.29, 1.82) is 0 Å². The quantitative estimate of drug-likeness (QED) is 0.134. The molecule has 4 nitrogen and oxygen atoms in total. The third-order valence-corrected chi connectivity index (χ3v) is 9.30. The second-order valence-electron chi connectivity index (χ2n) is 11.9. The van der Waals surface area contributed by atoms with Crippen molar-refractivity contribution in [1.82, 2.24) is 8.97 Å². The number of hydrogen-bond donors (Lipinski definition) is 0. The van der Waals surface area contributed by atoms with Crippen molar-refractivity contribution in [3.05, 3.63) is 169 Å². The first-order chi connectivity index (χ1) is 23.3. The molecule has 0 saturated heterocycles. The largest absolute Gasteiger partial charge is 0.318 e. The molecule has 4 heteroatoms. The molecule has 0 aliphatic rings. The number of nitrogens with zero attached hydrogens (tertiary/aromatic N) is 4. The van der Waals surface area contributed by atoms with Gasteiger partial charge in [-0.2, -0.15) is 0 Å². The Bertz CT molecular complexity index is 2710. The van der Waals surface area contributed by atoms with Gasteiger partial charge in [0.15, 0.2) is 0 Å². The summed E-state index contributed by atoms with van der Waals surface area (Å²) in [5.41, 5.74) is 9.60. The summed E-state index contributed by atoms with van der Waals surface area (Å²) >= 11 is 0. The molecule has 9 rings (SSSR count). The predicted octanol–water partition coefficient (Wildman–Crippen LogP) is 10.7. The third kappa shape index (κ3) is 4.30. The van der Waals surface area contributed by atoms with Gasteiger partial charge in [0.05, 0.1) is 39.0 Å². The number of hydrogen-bond acceptors (Lipinski definition) is 2. The molecule has 3 heterocycles. The average Bonchev–Trinajstić information content (AvgIpc) is 3.69. The normalized spacial score (nSPS) is 12.7. The summed E-state index contributed by atoms with van der Waals surface area (Å²) in [7, 11) is 0. The van der Waals surface area contributed by atoms with Crippen LogP contribution in [0.15, 0.2) is 168 Å². The molecule has 0 bridgehead atoms. The Hall–Kier alpha value is -6.26. The highest BCUT2D eigenvalue weighted by molar-refractivity contribution is 6.22. The monoisotopic (exact) mass is 602 g/mol. The maximum atomic E-state index is 5.34. The summed E-state index contributed by atoms with van der Waals surface area (Å²) in [6, 6.07) is 53.5. The van der Waals surface area contributed by atoms with E-state index in [4.69, 9.17) is 4.99 Å². The average molecular weight is 603 g/mol. The van der Waals surface area contributed by atoms with Crippen molar-refractivity contribution in [2.24, 2.45) is 9.98 Å². The van der Waals surface area contributed by atoms with E-state index in [1.807, 2.05) is 42.5 Å². The van der Waals surface area contributed by atoms with E-state index in [1.54, 1.807) is 0 Å². The van der Waals surface area contributed by atoms with Gasteiger partial charge >= 0.3 is 0 Å². The first-order valence-electron chi connectivity index (χ1n) is 15.9. The summed E-state index contributed by atoms with van der Waals surface area (Å²) < 4.78 is 4.84. The van der Waals surface area contributed by atoms with Gasteiger partial charge in [-0.05, 0) is 41.9 Å². The van der Waals surface area contributed by atoms with Gasteiger partial charge in [0.2, 0.25) is 0 Å².